The molecule has 32 heavy (non-hydrogen) atoms. The number of aryl methyl sites for hydroxylation is 1. The van der Waals surface area contributed by atoms with Crippen LogP contribution in [0, 0.1) is 5.21 Å². The number of hydrogen-bond donors (Lipinski definition) is 1. The molecule has 162 valence electrons. The number of nitrogens with one attached hydrogen (secondary N) is 1. The number of hydrogen-bond acceptors (Lipinski definition) is 5. The van der Waals surface area contributed by atoms with Gasteiger partial charge in [0.15, 0.2) is 6.20 Å². The van der Waals surface area contributed by atoms with E-state index in [1.807, 2.05) is 12.1 Å². The van der Waals surface area contributed by atoms with Gasteiger partial charge in [-0.1, -0.05) is 24.3 Å². The lowest BCUT2D eigenvalue weighted by Crippen LogP contribution is -2.41. The lowest BCUT2D eigenvalue weighted by molar-refractivity contribution is -0.577. The third-order valence-electron chi connectivity index (χ3n) is 5.54. The smallest absolute Gasteiger partial charge is 0.334 e. The minimum atomic E-state index is -3.94. The molecule has 0 aliphatic carbocycles. The third-order valence-corrected chi connectivity index (χ3v) is 7.35. The summed E-state index contributed by atoms with van der Waals surface area (Å²) < 4.78 is 29.4. The number of aromatic amines is 1. The van der Waals surface area contributed by atoms with Crippen LogP contribution in [-0.4, -0.2) is 24.5 Å². The van der Waals surface area contributed by atoms with Gasteiger partial charge in [0.25, 0.3) is 10.0 Å². The van der Waals surface area contributed by atoms with Crippen molar-refractivity contribution in [3.8, 4) is 5.69 Å². The monoisotopic (exact) mass is 450 g/mol. The van der Waals surface area contributed by atoms with Crippen molar-refractivity contribution in [2.45, 2.75) is 17.7 Å². The van der Waals surface area contributed by atoms with Crippen molar-refractivity contribution in [3.05, 3.63) is 98.5 Å². The Balaban J connectivity index is 1.67. The highest BCUT2D eigenvalue weighted by atomic mass is 32.2. The summed E-state index contributed by atoms with van der Waals surface area (Å²) in [5.41, 5.74) is -0.136. The van der Waals surface area contributed by atoms with Crippen LogP contribution in [-0.2, 0) is 16.4 Å². The van der Waals surface area contributed by atoms with Crippen molar-refractivity contribution in [1.82, 2.24) is 9.55 Å². The highest BCUT2D eigenvalue weighted by molar-refractivity contribution is 7.92. The van der Waals surface area contributed by atoms with Gasteiger partial charge < -0.3 is 10.2 Å². The van der Waals surface area contributed by atoms with E-state index in [4.69, 9.17) is 0 Å². The van der Waals surface area contributed by atoms with E-state index in [0.717, 1.165) is 22.7 Å². The summed E-state index contributed by atoms with van der Waals surface area (Å²) in [5, 5.41) is 12.1. The van der Waals surface area contributed by atoms with Crippen LogP contribution >= 0.6 is 0 Å². The Kier molecular flexibility index (Phi) is 4.59. The molecular weight excluding hydrogens is 432 g/mol. The predicted octanol–water partition coefficient (Wildman–Crippen LogP) is 1.45. The standard InChI is InChI=1S/C22H18N4O5S/c27-21-20-18(10-5-12-24(20)29)23-22(28)26(21)16-8-3-9-17(14-16)32(30,31)25-13-4-7-15-6-1-2-11-19(15)25/h1-3,5-6,8-12,14H,4,7,13H2,(H,23,28). The summed E-state index contributed by atoms with van der Waals surface area (Å²) >= 11 is 0. The predicted molar refractivity (Wildman–Crippen MR) is 118 cm³/mol. The number of rotatable bonds is 3. The first-order valence-corrected chi connectivity index (χ1v) is 11.4. The topological polar surface area (TPSA) is 119 Å². The zero-order valence-electron chi connectivity index (χ0n) is 16.8. The first-order valence-electron chi connectivity index (χ1n) is 9.96. The molecule has 10 heteroatoms. The molecule has 1 aliphatic heterocycles. The highest BCUT2D eigenvalue weighted by Gasteiger charge is 2.29. The summed E-state index contributed by atoms with van der Waals surface area (Å²) in [6, 6.07) is 15.8. The lowest BCUT2D eigenvalue weighted by atomic mass is 10.0. The van der Waals surface area contributed by atoms with Crippen molar-refractivity contribution in [1.29, 1.82) is 0 Å². The molecule has 4 aromatic rings. The Morgan fingerprint density at radius 1 is 1.00 bits per heavy atom. The zero-order chi connectivity index (χ0) is 22.5. The maximum Gasteiger partial charge on any atom is 0.334 e. The molecule has 0 saturated carbocycles. The summed E-state index contributed by atoms with van der Waals surface area (Å²) in [6.07, 6.45) is 2.63. The molecule has 0 atom stereocenters. The van der Waals surface area contributed by atoms with E-state index >= 15 is 0 Å². The van der Waals surface area contributed by atoms with Gasteiger partial charge in [0, 0.05) is 12.6 Å². The molecule has 3 heterocycles. The molecule has 0 spiro atoms. The van der Waals surface area contributed by atoms with Crippen molar-refractivity contribution in [3.63, 3.8) is 0 Å². The Labute approximate surface area is 182 Å². The zero-order valence-corrected chi connectivity index (χ0v) is 17.6. The van der Waals surface area contributed by atoms with Gasteiger partial charge in [0.1, 0.15) is 5.52 Å². The van der Waals surface area contributed by atoms with Crippen LogP contribution < -0.4 is 20.3 Å². The van der Waals surface area contributed by atoms with Crippen molar-refractivity contribution < 1.29 is 13.1 Å². The van der Waals surface area contributed by atoms with E-state index in [2.05, 4.69) is 4.98 Å². The van der Waals surface area contributed by atoms with Crippen LogP contribution in [0.1, 0.15) is 12.0 Å². The van der Waals surface area contributed by atoms with E-state index in [0.29, 0.717) is 23.4 Å². The van der Waals surface area contributed by atoms with Gasteiger partial charge in [-0.15, -0.1) is 0 Å². The lowest BCUT2D eigenvalue weighted by Gasteiger charge is -2.30. The van der Waals surface area contributed by atoms with E-state index in [-0.39, 0.29) is 21.6 Å². The number of pyridine rings is 1. The molecule has 2 aromatic heterocycles. The number of aromatic nitrogens is 3. The molecule has 9 nitrogen and oxygen atoms in total. The van der Waals surface area contributed by atoms with Gasteiger partial charge in [-0.05, 0) is 48.7 Å². The Bertz CT molecular complexity index is 1590. The summed E-state index contributed by atoms with van der Waals surface area (Å²) in [4.78, 5) is 28.0. The van der Waals surface area contributed by atoms with Crippen molar-refractivity contribution in [2.24, 2.45) is 0 Å². The van der Waals surface area contributed by atoms with E-state index < -0.39 is 21.3 Å². The number of fused-ring (bicyclic) bond motifs is 2. The number of benzene rings is 2. The molecule has 0 fully saturated rings. The number of H-pyrrole nitrogens is 1. The largest absolute Gasteiger partial charge is 0.618 e. The second-order valence-electron chi connectivity index (χ2n) is 7.47. The van der Waals surface area contributed by atoms with E-state index in [1.165, 1.54) is 40.7 Å². The SMILES string of the molecule is O=c1[nH]c2ccc[n+]([O-])c2c(=O)n1-c1cccc(S(=O)(=O)N2CCCc3ccccc32)c1. The fourth-order valence-electron chi connectivity index (χ4n) is 4.06. The molecule has 0 radical (unpaired) electrons. The molecule has 2 aromatic carbocycles. The molecular formula is C22H18N4O5S. The van der Waals surface area contributed by atoms with Gasteiger partial charge in [0.05, 0.1) is 16.3 Å². The minimum absolute atomic E-state index is 0.0494. The molecule has 0 amide bonds. The summed E-state index contributed by atoms with van der Waals surface area (Å²) in [7, 11) is -3.94. The number of nitrogens with zero attached hydrogens (tertiary/aromatic N) is 3. The van der Waals surface area contributed by atoms with Crippen LogP contribution in [0.5, 0.6) is 0 Å². The fraction of sp³-hybridized carbons (Fsp3) is 0.136. The van der Waals surface area contributed by atoms with Crippen molar-refractivity contribution >= 4 is 26.7 Å². The Morgan fingerprint density at radius 2 is 1.81 bits per heavy atom. The molecule has 0 bridgehead atoms. The van der Waals surface area contributed by atoms with Crippen LogP contribution in [0.25, 0.3) is 16.7 Å². The number of anilines is 1. The van der Waals surface area contributed by atoms with Gasteiger partial charge in [-0.2, -0.15) is 4.73 Å². The van der Waals surface area contributed by atoms with Crippen LogP contribution in [0.15, 0.2) is 81.3 Å². The molecule has 1 aliphatic rings. The molecule has 5 rings (SSSR count). The number of sulfonamides is 1. The van der Waals surface area contributed by atoms with Gasteiger partial charge in [-0.25, -0.2) is 17.8 Å². The van der Waals surface area contributed by atoms with E-state index in [1.54, 1.807) is 12.1 Å². The first kappa shape index (κ1) is 20.0. The fourth-order valence-corrected chi connectivity index (χ4v) is 5.64. The summed E-state index contributed by atoms with van der Waals surface area (Å²) in [5.74, 6) is 0. The van der Waals surface area contributed by atoms with Gasteiger partial charge >= 0.3 is 16.8 Å². The maximum absolute atomic E-state index is 13.5. The normalized spacial score (nSPS) is 13.8. The van der Waals surface area contributed by atoms with Gasteiger partial charge in [-0.3, -0.25) is 9.10 Å². The molecule has 0 saturated heterocycles. The second-order valence-corrected chi connectivity index (χ2v) is 9.34. The quantitative estimate of drug-likeness (QED) is 0.374. The van der Waals surface area contributed by atoms with E-state index in [9.17, 15) is 23.2 Å². The Morgan fingerprint density at radius 3 is 2.66 bits per heavy atom. The Hall–Kier alpha value is -3.92. The second kappa shape index (κ2) is 7.34. The molecule has 0 unspecified atom stereocenters. The maximum atomic E-state index is 13.5. The van der Waals surface area contributed by atoms with Crippen molar-refractivity contribution in [2.75, 3.05) is 10.8 Å². The average Bonchev–Trinajstić information content (AvgIpc) is 2.78. The molecule has 1 N–H and O–H groups in total. The average molecular weight is 450 g/mol. The minimum Gasteiger partial charge on any atom is -0.618 e. The van der Waals surface area contributed by atoms with Crippen LogP contribution in [0.2, 0.25) is 0 Å². The third kappa shape index (κ3) is 3.07. The van der Waals surface area contributed by atoms with Gasteiger partial charge in [0.2, 0.25) is 0 Å². The highest BCUT2D eigenvalue weighted by Crippen LogP contribution is 2.32. The van der Waals surface area contributed by atoms with Crippen LogP contribution in [0.3, 0.4) is 0 Å². The summed E-state index contributed by atoms with van der Waals surface area (Å²) in [6.45, 7) is 0.330. The van der Waals surface area contributed by atoms with Crippen LogP contribution in [0.4, 0.5) is 5.69 Å². The first-order chi connectivity index (χ1) is 15.4. The number of para-hydroxylation sites is 1.